The molecule has 0 spiro atoms. The number of nitro benzene ring substituents is 1. The topological polar surface area (TPSA) is 97.2 Å². The fraction of sp³-hybridized carbons (Fsp3) is 0.350. The van der Waals surface area contributed by atoms with Gasteiger partial charge in [0.05, 0.1) is 11.5 Å². The van der Waals surface area contributed by atoms with Crippen molar-refractivity contribution < 1.29 is 19.2 Å². The normalized spacial score (nSPS) is 16.3. The summed E-state index contributed by atoms with van der Waals surface area (Å²) in [4.78, 5) is 27.3. The van der Waals surface area contributed by atoms with Crippen LogP contribution in [0.3, 0.4) is 0 Å². The quantitative estimate of drug-likeness (QED) is 0.609. The molecule has 1 fully saturated rings. The second kappa shape index (κ2) is 8.36. The lowest BCUT2D eigenvalue weighted by Gasteiger charge is -2.35. The van der Waals surface area contributed by atoms with E-state index in [9.17, 15) is 14.9 Å². The number of nitro groups is 1. The number of benzene rings is 2. The largest absolute Gasteiger partial charge is 0.486 e. The van der Waals surface area contributed by atoms with E-state index in [0.717, 1.165) is 0 Å². The summed E-state index contributed by atoms with van der Waals surface area (Å²) in [7, 11) is 0. The Morgan fingerprint density at radius 2 is 1.76 bits per heavy atom. The van der Waals surface area contributed by atoms with Crippen molar-refractivity contribution in [2.75, 3.05) is 56.2 Å². The Bertz CT molecular complexity index is 911. The number of piperazine rings is 1. The van der Waals surface area contributed by atoms with Crippen LogP contribution in [-0.4, -0.2) is 61.7 Å². The summed E-state index contributed by atoms with van der Waals surface area (Å²) in [5.74, 6) is 1.20. The van der Waals surface area contributed by atoms with E-state index in [1.54, 1.807) is 36.4 Å². The third kappa shape index (κ3) is 4.40. The van der Waals surface area contributed by atoms with Gasteiger partial charge in [0.2, 0.25) is 5.91 Å². The fourth-order valence-electron chi connectivity index (χ4n) is 3.56. The lowest BCUT2D eigenvalue weighted by molar-refractivity contribution is -0.384. The van der Waals surface area contributed by atoms with Crippen molar-refractivity contribution in [3.8, 4) is 11.5 Å². The van der Waals surface area contributed by atoms with Crippen molar-refractivity contribution in [2.45, 2.75) is 0 Å². The molecule has 1 N–H and O–H groups in total. The lowest BCUT2D eigenvalue weighted by Crippen LogP contribution is -2.48. The minimum atomic E-state index is -0.359. The second-order valence-corrected chi connectivity index (χ2v) is 6.92. The summed E-state index contributed by atoms with van der Waals surface area (Å²) in [6, 6.07) is 12.1. The number of hydrogen-bond acceptors (Lipinski definition) is 7. The first kappa shape index (κ1) is 19.0. The predicted molar refractivity (Wildman–Crippen MR) is 108 cm³/mol. The average molecular weight is 398 g/mol. The predicted octanol–water partition coefficient (Wildman–Crippen LogP) is 2.13. The van der Waals surface area contributed by atoms with Gasteiger partial charge in [-0.3, -0.25) is 19.8 Å². The summed E-state index contributed by atoms with van der Waals surface area (Å²) in [6.07, 6.45) is 0. The number of hydrogen-bond donors (Lipinski definition) is 1. The molecule has 1 saturated heterocycles. The highest BCUT2D eigenvalue weighted by Gasteiger charge is 2.24. The highest BCUT2D eigenvalue weighted by atomic mass is 16.6. The Kier molecular flexibility index (Phi) is 5.48. The SMILES string of the molecule is O=C(CN1CCN(c2ccccc2[N+](=O)[O-])CC1)Nc1ccc2c(c1)OCCO2. The summed E-state index contributed by atoms with van der Waals surface area (Å²) in [6.45, 7) is 3.84. The number of para-hydroxylation sites is 2. The van der Waals surface area contributed by atoms with E-state index >= 15 is 0 Å². The first-order chi connectivity index (χ1) is 14.1. The van der Waals surface area contributed by atoms with E-state index in [2.05, 4.69) is 5.32 Å². The van der Waals surface area contributed by atoms with E-state index < -0.39 is 0 Å². The molecule has 0 atom stereocenters. The number of carbonyl (C=O) groups excluding carboxylic acids is 1. The van der Waals surface area contributed by atoms with Crippen molar-refractivity contribution in [1.82, 2.24) is 4.90 Å². The number of anilines is 2. The van der Waals surface area contributed by atoms with Crippen LogP contribution in [0.4, 0.5) is 17.1 Å². The molecule has 2 aliphatic heterocycles. The number of amides is 1. The van der Waals surface area contributed by atoms with Crippen LogP contribution in [0.1, 0.15) is 0 Å². The van der Waals surface area contributed by atoms with Crippen LogP contribution in [0.25, 0.3) is 0 Å². The van der Waals surface area contributed by atoms with Crippen molar-refractivity contribution >= 4 is 23.0 Å². The molecular formula is C20H22N4O5. The molecule has 2 aliphatic rings. The molecule has 0 radical (unpaired) electrons. The number of carbonyl (C=O) groups is 1. The monoisotopic (exact) mass is 398 g/mol. The molecule has 0 saturated carbocycles. The van der Waals surface area contributed by atoms with E-state index in [-0.39, 0.29) is 23.1 Å². The molecule has 0 aliphatic carbocycles. The first-order valence-corrected chi connectivity index (χ1v) is 9.50. The van der Waals surface area contributed by atoms with E-state index in [1.165, 1.54) is 6.07 Å². The van der Waals surface area contributed by atoms with Gasteiger partial charge < -0.3 is 19.7 Å². The Morgan fingerprint density at radius 1 is 1.03 bits per heavy atom. The molecule has 1 amide bonds. The maximum absolute atomic E-state index is 12.4. The standard InChI is InChI=1S/C20H22N4O5/c25-20(21-15-5-6-18-19(13-15)29-12-11-28-18)14-22-7-9-23(10-8-22)16-3-1-2-4-17(16)24(26)27/h1-6,13H,7-12,14H2,(H,21,25). The number of ether oxygens (including phenoxy) is 2. The molecule has 152 valence electrons. The number of rotatable bonds is 5. The summed E-state index contributed by atoms with van der Waals surface area (Å²) >= 11 is 0. The van der Waals surface area contributed by atoms with E-state index in [0.29, 0.717) is 62.3 Å². The van der Waals surface area contributed by atoms with Gasteiger partial charge in [-0.15, -0.1) is 0 Å². The van der Waals surface area contributed by atoms with Gasteiger partial charge in [0, 0.05) is 44.0 Å². The maximum Gasteiger partial charge on any atom is 0.292 e. The van der Waals surface area contributed by atoms with Crippen LogP contribution in [0.15, 0.2) is 42.5 Å². The van der Waals surface area contributed by atoms with Crippen molar-refractivity contribution in [3.63, 3.8) is 0 Å². The van der Waals surface area contributed by atoms with Gasteiger partial charge in [-0.25, -0.2) is 0 Å². The van der Waals surface area contributed by atoms with Crippen LogP contribution in [0.5, 0.6) is 11.5 Å². The van der Waals surface area contributed by atoms with Gasteiger partial charge in [-0.2, -0.15) is 0 Å². The Balaban J connectivity index is 1.31. The molecule has 0 unspecified atom stereocenters. The summed E-state index contributed by atoms with van der Waals surface area (Å²) in [5.41, 5.74) is 1.40. The first-order valence-electron chi connectivity index (χ1n) is 9.50. The second-order valence-electron chi connectivity index (χ2n) is 6.92. The van der Waals surface area contributed by atoms with Gasteiger partial charge in [0.15, 0.2) is 11.5 Å². The minimum absolute atomic E-state index is 0.109. The third-order valence-electron chi connectivity index (χ3n) is 4.98. The zero-order valence-corrected chi connectivity index (χ0v) is 15.9. The number of fused-ring (bicyclic) bond motifs is 1. The minimum Gasteiger partial charge on any atom is -0.486 e. The molecular weight excluding hydrogens is 376 g/mol. The van der Waals surface area contributed by atoms with Crippen LogP contribution in [0, 0.1) is 10.1 Å². The maximum atomic E-state index is 12.4. The molecule has 2 aromatic rings. The van der Waals surface area contributed by atoms with Crippen LogP contribution < -0.4 is 19.7 Å². The molecule has 0 bridgehead atoms. The zero-order chi connectivity index (χ0) is 20.2. The Labute approximate surface area is 168 Å². The molecule has 9 nitrogen and oxygen atoms in total. The van der Waals surface area contributed by atoms with Crippen LogP contribution in [-0.2, 0) is 4.79 Å². The Morgan fingerprint density at radius 3 is 2.52 bits per heavy atom. The molecule has 2 heterocycles. The fourth-order valence-corrected chi connectivity index (χ4v) is 3.56. The molecule has 2 aromatic carbocycles. The zero-order valence-electron chi connectivity index (χ0n) is 15.9. The average Bonchev–Trinajstić information content (AvgIpc) is 2.74. The van der Waals surface area contributed by atoms with Crippen molar-refractivity contribution in [1.29, 1.82) is 0 Å². The van der Waals surface area contributed by atoms with Gasteiger partial charge in [0.25, 0.3) is 5.69 Å². The van der Waals surface area contributed by atoms with Crippen LogP contribution >= 0.6 is 0 Å². The molecule has 4 rings (SSSR count). The van der Waals surface area contributed by atoms with Crippen LogP contribution in [0.2, 0.25) is 0 Å². The number of nitrogens with one attached hydrogen (secondary N) is 1. The lowest BCUT2D eigenvalue weighted by atomic mass is 10.2. The highest BCUT2D eigenvalue weighted by Crippen LogP contribution is 2.32. The molecule has 0 aromatic heterocycles. The molecule has 9 heteroatoms. The Hall–Kier alpha value is -3.33. The van der Waals surface area contributed by atoms with E-state index in [4.69, 9.17) is 9.47 Å². The van der Waals surface area contributed by atoms with Crippen molar-refractivity contribution in [3.05, 3.63) is 52.6 Å². The summed E-state index contributed by atoms with van der Waals surface area (Å²) < 4.78 is 11.0. The molecule has 29 heavy (non-hydrogen) atoms. The van der Waals surface area contributed by atoms with Gasteiger partial charge in [-0.1, -0.05) is 12.1 Å². The third-order valence-corrected chi connectivity index (χ3v) is 4.98. The highest BCUT2D eigenvalue weighted by molar-refractivity contribution is 5.92. The van der Waals surface area contributed by atoms with Gasteiger partial charge in [-0.05, 0) is 18.2 Å². The number of nitrogens with zero attached hydrogens (tertiary/aromatic N) is 3. The van der Waals surface area contributed by atoms with E-state index in [1.807, 2.05) is 9.80 Å². The smallest absolute Gasteiger partial charge is 0.292 e. The van der Waals surface area contributed by atoms with Gasteiger partial charge in [0.1, 0.15) is 18.9 Å². The van der Waals surface area contributed by atoms with Gasteiger partial charge >= 0.3 is 0 Å². The summed E-state index contributed by atoms with van der Waals surface area (Å²) in [5, 5.41) is 14.1. The van der Waals surface area contributed by atoms with Crippen molar-refractivity contribution in [2.24, 2.45) is 0 Å².